The number of imidazole rings is 1. The number of Topliss-reactive ketones (excluding diaryl/α,β-unsaturated/α-hetero) is 1. The molecule has 0 saturated carbocycles. The summed E-state index contributed by atoms with van der Waals surface area (Å²) in [6, 6.07) is 3.64. The maximum Gasteiger partial charge on any atom is 0.183 e. The summed E-state index contributed by atoms with van der Waals surface area (Å²) in [5.41, 5.74) is 2.58. The van der Waals surface area contributed by atoms with Gasteiger partial charge in [0.15, 0.2) is 17.2 Å². The second kappa shape index (κ2) is 6.44. The van der Waals surface area contributed by atoms with E-state index in [0.717, 1.165) is 11.4 Å². The minimum absolute atomic E-state index is 0.0189. The molecule has 4 heterocycles. The van der Waals surface area contributed by atoms with Crippen molar-refractivity contribution in [3.63, 3.8) is 0 Å². The zero-order chi connectivity index (χ0) is 17.2. The fourth-order valence-electron chi connectivity index (χ4n) is 2.72. The van der Waals surface area contributed by atoms with E-state index >= 15 is 0 Å². The molecule has 128 valence electrons. The van der Waals surface area contributed by atoms with Gasteiger partial charge in [-0.05, 0) is 6.42 Å². The van der Waals surface area contributed by atoms with Gasteiger partial charge >= 0.3 is 0 Å². The topological polar surface area (TPSA) is 106 Å². The molecule has 0 radical (unpaired) electrons. The lowest BCUT2D eigenvalue weighted by Crippen LogP contribution is -2.11. The lowest BCUT2D eigenvalue weighted by Gasteiger charge is -2.11. The smallest absolute Gasteiger partial charge is 0.183 e. The average Bonchev–Trinajstić information content (AvgIpc) is 3.04. The van der Waals surface area contributed by atoms with E-state index in [1.165, 1.54) is 6.33 Å². The van der Waals surface area contributed by atoms with Gasteiger partial charge in [0.2, 0.25) is 0 Å². The third-order valence-corrected chi connectivity index (χ3v) is 3.94. The fourth-order valence-corrected chi connectivity index (χ4v) is 2.72. The number of aromatic nitrogens is 5. The molecule has 2 N–H and O–H groups in total. The molecule has 0 amide bonds. The van der Waals surface area contributed by atoms with E-state index in [-0.39, 0.29) is 5.78 Å². The van der Waals surface area contributed by atoms with E-state index in [1.54, 1.807) is 17.8 Å². The Morgan fingerprint density at radius 2 is 2.16 bits per heavy atom. The number of fused-ring (bicyclic) bond motifs is 3. The van der Waals surface area contributed by atoms with Crippen LogP contribution in [0.15, 0.2) is 24.7 Å². The van der Waals surface area contributed by atoms with Gasteiger partial charge < -0.3 is 15.4 Å². The highest BCUT2D eigenvalue weighted by Crippen LogP contribution is 2.23. The van der Waals surface area contributed by atoms with Crippen molar-refractivity contribution in [2.75, 3.05) is 24.3 Å². The quantitative estimate of drug-likeness (QED) is 0.691. The van der Waals surface area contributed by atoms with Crippen LogP contribution in [0.4, 0.5) is 17.3 Å². The van der Waals surface area contributed by atoms with Crippen molar-refractivity contribution in [1.82, 2.24) is 24.6 Å². The monoisotopic (exact) mass is 339 g/mol. The summed E-state index contributed by atoms with van der Waals surface area (Å²) in [7, 11) is 1.80. The molecule has 9 heteroatoms. The van der Waals surface area contributed by atoms with Gasteiger partial charge in [0.1, 0.15) is 17.8 Å². The number of rotatable bonds is 1. The molecule has 0 aliphatic carbocycles. The van der Waals surface area contributed by atoms with Crippen LogP contribution in [-0.2, 0) is 11.3 Å². The van der Waals surface area contributed by atoms with Gasteiger partial charge in [0, 0.05) is 32.2 Å². The Morgan fingerprint density at radius 3 is 3.04 bits per heavy atom. The number of carbonyl (C=O) groups is 1. The molecule has 0 atom stereocenters. The first-order valence-electron chi connectivity index (χ1n) is 8.00. The molecule has 4 rings (SSSR count). The summed E-state index contributed by atoms with van der Waals surface area (Å²) in [5, 5.41) is 10.7. The van der Waals surface area contributed by atoms with Crippen molar-refractivity contribution < 1.29 is 9.53 Å². The highest BCUT2D eigenvalue weighted by Gasteiger charge is 2.17. The van der Waals surface area contributed by atoms with Crippen LogP contribution in [0.5, 0.6) is 0 Å². The van der Waals surface area contributed by atoms with E-state index < -0.39 is 0 Å². The van der Waals surface area contributed by atoms with Crippen LogP contribution in [-0.4, -0.2) is 44.0 Å². The number of ether oxygens (including phenoxy) is 1. The summed E-state index contributed by atoms with van der Waals surface area (Å²) < 4.78 is 7.15. The van der Waals surface area contributed by atoms with Crippen LogP contribution in [0.3, 0.4) is 0 Å². The van der Waals surface area contributed by atoms with Crippen molar-refractivity contribution in [2.45, 2.75) is 19.4 Å². The second-order valence-corrected chi connectivity index (χ2v) is 5.67. The predicted molar refractivity (Wildman–Crippen MR) is 91.1 cm³/mol. The Hall–Kier alpha value is -3.07. The first-order valence-corrected chi connectivity index (χ1v) is 8.00. The molecule has 1 aliphatic rings. The van der Waals surface area contributed by atoms with Gasteiger partial charge in [0.05, 0.1) is 24.2 Å². The first kappa shape index (κ1) is 15.5. The van der Waals surface area contributed by atoms with Crippen molar-refractivity contribution in [3.05, 3.63) is 36.0 Å². The molecule has 3 aromatic heterocycles. The number of anilines is 3. The van der Waals surface area contributed by atoms with E-state index in [9.17, 15) is 4.79 Å². The number of ketones is 1. The van der Waals surface area contributed by atoms with E-state index in [4.69, 9.17) is 4.74 Å². The lowest BCUT2D eigenvalue weighted by atomic mass is 10.2. The molecule has 0 unspecified atom stereocenters. The molecular weight excluding hydrogens is 322 g/mol. The summed E-state index contributed by atoms with van der Waals surface area (Å²) in [4.78, 5) is 25.2. The van der Waals surface area contributed by atoms with Gasteiger partial charge in [0.25, 0.3) is 0 Å². The van der Waals surface area contributed by atoms with Crippen molar-refractivity contribution in [3.8, 4) is 0 Å². The molecule has 4 bridgehead atoms. The minimum Gasteiger partial charge on any atom is -0.385 e. The minimum atomic E-state index is -0.0189. The zero-order valence-corrected chi connectivity index (χ0v) is 13.7. The van der Waals surface area contributed by atoms with Gasteiger partial charge in [-0.15, -0.1) is 5.10 Å². The van der Waals surface area contributed by atoms with Crippen molar-refractivity contribution in [1.29, 1.82) is 0 Å². The van der Waals surface area contributed by atoms with Gasteiger partial charge in [-0.1, -0.05) is 0 Å². The van der Waals surface area contributed by atoms with Crippen LogP contribution in [0.2, 0.25) is 0 Å². The Kier molecular flexibility index (Phi) is 3.98. The summed E-state index contributed by atoms with van der Waals surface area (Å²) >= 11 is 0. The first-order chi connectivity index (χ1) is 12.2. The van der Waals surface area contributed by atoms with Crippen LogP contribution in [0.1, 0.15) is 29.0 Å². The summed E-state index contributed by atoms with van der Waals surface area (Å²) in [6.45, 7) is 0.854. The van der Waals surface area contributed by atoms with E-state index in [0.29, 0.717) is 49.0 Å². The zero-order valence-electron chi connectivity index (χ0n) is 13.7. The van der Waals surface area contributed by atoms with Gasteiger partial charge in [-0.2, -0.15) is 0 Å². The van der Waals surface area contributed by atoms with Gasteiger partial charge in [-0.25, -0.2) is 19.5 Å². The molecule has 25 heavy (non-hydrogen) atoms. The maximum absolute atomic E-state index is 12.5. The van der Waals surface area contributed by atoms with E-state index in [2.05, 4.69) is 30.7 Å². The molecule has 3 aromatic rings. The third kappa shape index (κ3) is 3.01. The van der Waals surface area contributed by atoms with Crippen LogP contribution >= 0.6 is 0 Å². The van der Waals surface area contributed by atoms with Crippen molar-refractivity contribution in [2.24, 2.45) is 0 Å². The molecule has 1 aliphatic heterocycles. The largest absolute Gasteiger partial charge is 0.385 e. The Balaban J connectivity index is 1.85. The normalized spacial score (nSPS) is 15.0. The Morgan fingerprint density at radius 1 is 1.24 bits per heavy atom. The summed E-state index contributed by atoms with van der Waals surface area (Å²) in [6.07, 6.45) is 4.04. The third-order valence-electron chi connectivity index (χ3n) is 3.94. The average molecular weight is 339 g/mol. The van der Waals surface area contributed by atoms with Gasteiger partial charge in [-0.3, -0.25) is 4.79 Å². The highest BCUT2D eigenvalue weighted by molar-refractivity contribution is 5.95. The number of hydrogen-bond donors (Lipinski definition) is 2. The molecule has 0 aromatic carbocycles. The fraction of sp³-hybridized carbons (Fsp3) is 0.312. The molecule has 9 nitrogen and oxygen atoms in total. The highest BCUT2D eigenvalue weighted by atomic mass is 16.5. The number of nitrogens with zero attached hydrogens (tertiary/aromatic N) is 5. The maximum atomic E-state index is 12.5. The predicted octanol–water partition coefficient (Wildman–Crippen LogP) is 1.80. The van der Waals surface area contributed by atoms with Crippen LogP contribution < -0.4 is 10.6 Å². The summed E-state index contributed by atoms with van der Waals surface area (Å²) in [5.74, 6) is 1.13. The number of hydrogen-bond acceptors (Lipinski definition) is 8. The number of nitrogens with one attached hydrogen (secondary N) is 2. The van der Waals surface area contributed by atoms with Crippen molar-refractivity contribution >= 4 is 28.8 Å². The SMILES string of the molecule is CNc1cc2nn3c(cnc13)C(=O)CCCOCc1cc(ncn1)N2. The molecule has 0 fully saturated rings. The molecular formula is C16H17N7O2. The Bertz CT molecular complexity index is 937. The second-order valence-electron chi connectivity index (χ2n) is 5.67. The van der Waals surface area contributed by atoms with E-state index in [1.807, 2.05) is 12.1 Å². The lowest BCUT2D eigenvalue weighted by molar-refractivity contribution is 0.0909. The standard InChI is InChI=1S/C16H17N7O2/c1-17-11-6-15-21-14-5-10(19-9-20-14)8-25-4-2-3-13(24)12-7-18-16(11)23(12)22-15/h5-7,9,17H,2-4,8H2,1H3,(H,19,20,21,22). The van der Waals surface area contributed by atoms with Crippen LogP contribution in [0, 0.1) is 0 Å². The molecule has 0 spiro atoms. The molecule has 0 saturated heterocycles. The Labute approximate surface area is 143 Å². The number of carbonyl (C=O) groups excluding carboxylic acids is 1. The van der Waals surface area contributed by atoms with Crippen LogP contribution in [0.25, 0.3) is 5.65 Å².